The molecule has 21 heavy (non-hydrogen) atoms. The van der Waals surface area contributed by atoms with Crippen LogP contribution in [0.5, 0.6) is 5.75 Å². The predicted octanol–water partition coefficient (Wildman–Crippen LogP) is 4.48. The zero-order valence-electron chi connectivity index (χ0n) is 10.5. The van der Waals surface area contributed by atoms with Crippen LogP contribution in [-0.4, -0.2) is 6.36 Å². The van der Waals surface area contributed by atoms with Crippen LogP contribution in [-0.2, 0) is 6.54 Å². The highest BCUT2D eigenvalue weighted by Crippen LogP contribution is 2.23. The van der Waals surface area contributed by atoms with Crippen LogP contribution in [0.3, 0.4) is 0 Å². The number of anilines is 1. The van der Waals surface area contributed by atoms with E-state index in [-0.39, 0.29) is 18.0 Å². The van der Waals surface area contributed by atoms with Crippen molar-refractivity contribution in [1.82, 2.24) is 0 Å². The van der Waals surface area contributed by atoms with Crippen molar-refractivity contribution in [2.75, 3.05) is 5.32 Å². The molecule has 0 aliphatic heterocycles. The summed E-state index contributed by atoms with van der Waals surface area (Å²) in [6.45, 7) is 0.175. The summed E-state index contributed by atoms with van der Waals surface area (Å²) in [6.07, 6.45) is -4.74. The Kier molecular flexibility index (Phi) is 4.30. The van der Waals surface area contributed by atoms with E-state index in [0.717, 1.165) is 24.3 Å². The van der Waals surface area contributed by atoms with Crippen LogP contribution in [0.4, 0.5) is 27.6 Å². The number of nitrogens with one attached hydrogen (secondary N) is 1. The summed E-state index contributed by atoms with van der Waals surface area (Å²) in [7, 11) is 0. The minimum atomic E-state index is -4.74. The van der Waals surface area contributed by atoms with Gasteiger partial charge in [0.2, 0.25) is 0 Å². The van der Waals surface area contributed by atoms with Gasteiger partial charge in [0.25, 0.3) is 0 Å². The van der Waals surface area contributed by atoms with Crippen LogP contribution in [0.2, 0.25) is 0 Å². The molecule has 0 fully saturated rings. The second kappa shape index (κ2) is 5.99. The van der Waals surface area contributed by atoms with Gasteiger partial charge in [0, 0.05) is 12.6 Å². The van der Waals surface area contributed by atoms with Gasteiger partial charge in [-0.3, -0.25) is 0 Å². The lowest BCUT2D eigenvalue weighted by Crippen LogP contribution is -2.17. The van der Waals surface area contributed by atoms with E-state index in [9.17, 15) is 22.0 Å². The normalized spacial score (nSPS) is 11.3. The average molecular weight is 303 g/mol. The molecule has 0 unspecified atom stereocenters. The second-order valence-electron chi connectivity index (χ2n) is 4.17. The third-order valence-corrected chi connectivity index (χ3v) is 2.57. The van der Waals surface area contributed by atoms with Crippen LogP contribution >= 0.6 is 0 Å². The fourth-order valence-corrected chi connectivity index (χ4v) is 1.64. The SMILES string of the molecule is Fc1ccc(NCc2ccc(OC(F)(F)F)cc2)c(F)c1. The molecule has 0 aromatic heterocycles. The van der Waals surface area contributed by atoms with E-state index >= 15 is 0 Å². The maximum absolute atomic E-state index is 13.4. The molecule has 0 amide bonds. The molecule has 0 aliphatic rings. The molecule has 2 aromatic rings. The monoisotopic (exact) mass is 303 g/mol. The lowest BCUT2D eigenvalue weighted by atomic mass is 10.2. The molecule has 2 nitrogen and oxygen atoms in total. The van der Waals surface area contributed by atoms with Crippen molar-refractivity contribution < 1.29 is 26.7 Å². The summed E-state index contributed by atoms with van der Waals surface area (Å²) in [5, 5.41) is 2.72. The van der Waals surface area contributed by atoms with Gasteiger partial charge in [-0.1, -0.05) is 12.1 Å². The Morgan fingerprint density at radius 3 is 2.19 bits per heavy atom. The average Bonchev–Trinajstić information content (AvgIpc) is 2.38. The van der Waals surface area contributed by atoms with Crippen molar-refractivity contribution in [1.29, 1.82) is 0 Å². The van der Waals surface area contributed by atoms with Gasteiger partial charge < -0.3 is 10.1 Å². The number of alkyl halides is 3. The molecule has 0 atom stereocenters. The summed E-state index contributed by atoms with van der Waals surface area (Å²) in [6, 6.07) is 8.22. The Balaban J connectivity index is 1.97. The Hall–Kier alpha value is -2.31. The number of hydrogen-bond acceptors (Lipinski definition) is 2. The highest BCUT2D eigenvalue weighted by atomic mass is 19.4. The van der Waals surface area contributed by atoms with E-state index in [1.54, 1.807) is 0 Å². The first kappa shape index (κ1) is 15.1. The molecular weight excluding hydrogens is 293 g/mol. The molecule has 0 saturated heterocycles. The maximum atomic E-state index is 13.4. The summed E-state index contributed by atoms with van der Waals surface area (Å²) < 4.78 is 65.7. The van der Waals surface area contributed by atoms with Gasteiger partial charge in [-0.25, -0.2) is 8.78 Å². The van der Waals surface area contributed by atoms with Gasteiger partial charge in [0.15, 0.2) is 0 Å². The third-order valence-electron chi connectivity index (χ3n) is 2.57. The highest BCUT2D eigenvalue weighted by Gasteiger charge is 2.30. The molecular formula is C14H10F5NO. The first-order valence-corrected chi connectivity index (χ1v) is 5.87. The molecule has 0 radical (unpaired) electrons. The van der Waals surface area contributed by atoms with Crippen LogP contribution in [0.15, 0.2) is 42.5 Å². The molecule has 2 rings (SSSR count). The van der Waals surface area contributed by atoms with Crippen molar-refractivity contribution >= 4 is 5.69 Å². The fourth-order valence-electron chi connectivity index (χ4n) is 1.64. The Morgan fingerprint density at radius 1 is 0.952 bits per heavy atom. The maximum Gasteiger partial charge on any atom is 0.573 e. The van der Waals surface area contributed by atoms with Gasteiger partial charge in [0.05, 0.1) is 5.69 Å². The Labute approximate surface area is 117 Å². The number of ether oxygens (including phenoxy) is 1. The topological polar surface area (TPSA) is 21.3 Å². The van der Waals surface area contributed by atoms with E-state index in [1.165, 1.54) is 18.2 Å². The predicted molar refractivity (Wildman–Crippen MR) is 66.8 cm³/mol. The lowest BCUT2D eigenvalue weighted by molar-refractivity contribution is -0.274. The van der Waals surface area contributed by atoms with E-state index in [2.05, 4.69) is 10.1 Å². The van der Waals surface area contributed by atoms with Gasteiger partial charge in [-0.05, 0) is 29.8 Å². The molecule has 7 heteroatoms. The van der Waals surface area contributed by atoms with Crippen LogP contribution < -0.4 is 10.1 Å². The highest BCUT2D eigenvalue weighted by molar-refractivity contribution is 5.45. The Bertz CT molecular complexity index is 610. The van der Waals surface area contributed by atoms with Crippen molar-refractivity contribution in [3.8, 4) is 5.75 Å². The van der Waals surface area contributed by atoms with Crippen molar-refractivity contribution in [3.05, 3.63) is 59.7 Å². The van der Waals surface area contributed by atoms with Crippen LogP contribution in [0.1, 0.15) is 5.56 Å². The van der Waals surface area contributed by atoms with Gasteiger partial charge in [-0.2, -0.15) is 0 Å². The third kappa shape index (κ3) is 4.62. The van der Waals surface area contributed by atoms with Gasteiger partial charge in [0.1, 0.15) is 17.4 Å². The van der Waals surface area contributed by atoms with Crippen molar-refractivity contribution in [2.24, 2.45) is 0 Å². The first-order chi connectivity index (χ1) is 9.83. The van der Waals surface area contributed by atoms with Crippen LogP contribution in [0, 0.1) is 11.6 Å². The molecule has 0 aliphatic carbocycles. The number of halogens is 5. The molecule has 0 saturated carbocycles. The zero-order chi connectivity index (χ0) is 15.5. The minimum Gasteiger partial charge on any atom is -0.406 e. The van der Waals surface area contributed by atoms with Crippen LogP contribution in [0.25, 0.3) is 0 Å². The first-order valence-electron chi connectivity index (χ1n) is 5.87. The number of benzene rings is 2. The molecule has 0 spiro atoms. The van der Waals surface area contributed by atoms with Crippen molar-refractivity contribution in [2.45, 2.75) is 12.9 Å². The summed E-state index contributed by atoms with van der Waals surface area (Å²) in [5.74, 6) is -1.77. The smallest absolute Gasteiger partial charge is 0.406 e. The minimum absolute atomic E-state index is 0.104. The Morgan fingerprint density at radius 2 is 1.62 bits per heavy atom. The fraction of sp³-hybridized carbons (Fsp3) is 0.143. The summed E-state index contributed by atoms with van der Waals surface area (Å²) in [4.78, 5) is 0. The summed E-state index contributed by atoms with van der Waals surface area (Å²) >= 11 is 0. The molecule has 2 aromatic carbocycles. The van der Waals surface area contributed by atoms with E-state index in [1.807, 2.05) is 0 Å². The second-order valence-corrected chi connectivity index (χ2v) is 4.17. The van der Waals surface area contributed by atoms with E-state index in [4.69, 9.17) is 0 Å². The molecule has 0 bridgehead atoms. The van der Waals surface area contributed by atoms with E-state index in [0.29, 0.717) is 5.56 Å². The molecule has 112 valence electrons. The zero-order valence-corrected chi connectivity index (χ0v) is 10.5. The lowest BCUT2D eigenvalue weighted by Gasteiger charge is -2.10. The standard InChI is InChI=1S/C14H10F5NO/c15-10-3-6-13(12(16)7-10)20-8-9-1-4-11(5-2-9)21-14(17,18)19/h1-7,20H,8H2. The number of hydrogen-bond donors (Lipinski definition) is 1. The van der Waals surface area contributed by atoms with Crippen molar-refractivity contribution in [3.63, 3.8) is 0 Å². The molecule has 0 heterocycles. The molecule has 1 N–H and O–H groups in total. The number of rotatable bonds is 4. The summed E-state index contributed by atoms with van der Waals surface area (Å²) in [5.41, 5.74) is 0.722. The quantitative estimate of drug-likeness (QED) is 0.841. The van der Waals surface area contributed by atoms with Gasteiger partial charge in [-0.15, -0.1) is 13.2 Å². The van der Waals surface area contributed by atoms with E-state index < -0.39 is 18.0 Å². The van der Waals surface area contributed by atoms with Gasteiger partial charge >= 0.3 is 6.36 Å². The largest absolute Gasteiger partial charge is 0.573 e.